The number of benzene rings is 1. The number of esters is 1. The third kappa shape index (κ3) is 1.69. The van der Waals surface area contributed by atoms with Crippen molar-refractivity contribution in [1.82, 2.24) is 0 Å². The number of carbonyl (C=O) groups excluding carboxylic acids is 1. The Morgan fingerprint density at radius 2 is 2.19 bits per heavy atom. The molecule has 2 aromatic rings. The maximum absolute atomic E-state index is 11.6. The van der Waals surface area contributed by atoms with Crippen LogP contribution in [0.1, 0.15) is 29.8 Å². The molecule has 1 aromatic heterocycles. The highest BCUT2D eigenvalue weighted by Crippen LogP contribution is 2.25. The summed E-state index contributed by atoms with van der Waals surface area (Å²) in [5, 5.41) is 0.831. The fourth-order valence-electron chi connectivity index (χ4n) is 1.76. The molecule has 3 heteroatoms. The van der Waals surface area contributed by atoms with Crippen molar-refractivity contribution < 1.29 is 13.9 Å². The van der Waals surface area contributed by atoms with Gasteiger partial charge in [0, 0.05) is 5.39 Å². The van der Waals surface area contributed by atoms with E-state index in [2.05, 4.69) is 6.92 Å². The van der Waals surface area contributed by atoms with E-state index in [-0.39, 0.29) is 5.97 Å². The first-order valence-electron chi connectivity index (χ1n) is 5.44. The maximum atomic E-state index is 11.6. The molecule has 0 fully saturated rings. The monoisotopic (exact) mass is 218 g/mol. The Morgan fingerprint density at radius 1 is 1.38 bits per heavy atom. The Hall–Kier alpha value is -1.77. The summed E-state index contributed by atoms with van der Waals surface area (Å²) >= 11 is 0. The molecule has 0 amide bonds. The van der Waals surface area contributed by atoms with E-state index in [9.17, 15) is 4.79 Å². The summed E-state index contributed by atoms with van der Waals surface area (Å²) in [6, 6.07) is 5.81. The molecule has 0 atom stereocenters. The number of hydrogen-bond acceptors (Lipinski definition) is 3. The molecule has 0 bridgehead atoms. The molecule has 16 heavy (non-hydrogen) atoms. The Balaban J connectivity index is 2.53. The minimum absolute atomic E-state index is 0.325. The van der Waals surface area contributed by atoms with E-state index < -0.39 is 0 Å². The summed E-state index contributed by atoms with van der Waals surface area (Å²) in [5.74, 6) is -0.325. The fourth-order valence-corrected chi connectivity index (χ4v) is 1.76. The minimum atomic E-state index is -0.325. The van der Waals surface area contributed by atoms with Crippen molar-refractivity contribution in [2.24, 2.45) is 0 Å². The Bertz CT molecular complexity index is 511. The molecule has 0 saturated carbocycles. The van der Waals surface area contributed by atoms with Crippen LogP contribution in [0.25, 0.3) is 11.0 Å². The molecule has 0 aliphatic rings. The molecule has 0 aliphatic carbocycles. The molecule has 0 radical (unpaired) electrons. The third-order valence-electron chi connectivity index (χ3n) is 2.56. The van der Waals surface area contributed by atoms with E-state index in [0.29, 0.717) is 12.2 Å². The average Bonchev–Trinajstić information content (AvgIpc) is 2.72. The van der Waals surface area contributed by atoms with Gasteiger partial charge < -0.3 is 9.15 Å². The van der Waals surface area contributed by atoms with Gasteiger partial charge in [-0.3, -0.25) is 0 Å². The Morgan fingerprint density at radius 3 is 2.88 bits per heavy atom. The van der Waals surface area contributed by atoms with Crippen LogP contribution >= 0.6 is 0 Å². The van der Waals surface area contributed by atoms with Gasteiger partial charge in [0.2, 0.25) is 0 Å². The van der Waals surface area contributed by atoms with Crippen molar-refractivity contribution >= 4 is 16.9 Å². The van der Waals surface area contributed by atoms with Gasteiger partial charge in [0.05, 0.1) is 6.61 Å². The summed E-state index contributed by atoms with van der Waals surface area (Å²) in [6.45, 7) is 4.22. The van der Waals surface area contributed by atoms with Crippen LogP contribution in [-0.2, 0) is 11.2 Å². The van der Waals surface area contributed by atoms with Crippen LogP contribution in [0.4, 0.5) is 0 Å². The van der Waals surface area contributed by atoms with E-state index in [1.165, 1.54) is 6.26 Å². The van der Waals surface area contributed by atoms with Gasteiger partial charge in [0.25, 0.3) is 0 Å². The van der Waals surface area contributed by atoms with Crippen molar-refractivity contribution in [3.05, 3.63) is 35.6 Å². The van der Waals surface area contributed by atoms with Gasteiger partial charge in [-0.25, -0.2) is 4.79 Å². The molecule has 2 rings (SSSR count). The number of fused-ring (bicyclic) bond motifs is 1. The summed E-state index contributed by atoms with van der Waals surface area (Å²) in [4.78, 5) is 11.6. The first-order chi connectivity index (χ1) is 7.77. The minimum Gasteiger partial charge on any atom is -0.463 e. The Kier molecular flexibility index (Phi) is 2.95. The van der Waals surface area contributed by atoms with Crippen LogP contribution < -0.4 is 0 Å². The lowest BCUT2D eigenvalue weighted by molar-refractivity contribution is 0.0527. The third-order valence-corrected chi connectivity index (χ3v) is 2.56. The topological polar surface area (TPSA) is 39.4 Å². The second-order valence-corrected chi connectivity index (χ2v) is 3.52. The number of carbonyl (C=O) groups is 1. The number of hydrogen-bond donors (Lipinski definition) is 0. The van der Waals surface area contributed by atoms with Crippen LogP contribution in [0.15, 0.2) is 28.9 Å². The standard InChI is InChI=1S/C13H14O3/c1-3-9-6-5-7-10-11(8-16-12(9)10)13(14)15-4-2/h5-8H,3-4H2,1-2H3. The molecule has 1 heterocycles. The summed E-state index contributed by atoms with van der Waals surface area (Å²) in [7, 11) is 0. The smallest absolute Gasteiger partial charge is 0.342 e. The van der Waals surface area contributed by atoms with Gasteiger partial charge in [-0.05, 0) is 18.9 Å². The van der Waals surface area contributed by atoms with Crippen LogP contribution in [0.5, 0.6) is 0 Å². The molecular weight excluding hydrogens is 204 g/mol. The second-order valence-electron chi connectivity index (χ2n) is 3.52. The van der Waals surface area contributed by atoms with Crippen molar-refractivity contribution in [2.75, 3.05) is 6.61 Å². The van der Waals surface area contributed by atoms with Crippen molar-refractivity contribution in [3.8, 4) is 0 Å². The normalized spacial score (nSPS) is 10.6. The molecule has 0 aliphatic heterocycles. The van der Waals surface area contributed by atoms with E-state index >= 15 is 0 Å². The lowest BCUT2D eigenvalue weighted by atomic mass is 10.1. The number of para-hydroxylation sites is 1. The quantitative estimate of drug-likeness (QED) is 0.743. The second kappa shape index (κ2) is 4.39. The zero-order valence-electron chi connectivity index (χ0n) is 9.45. The van der Waals surface area contributed by atoms with Gasteiger partial charge in [-0.15, -0.1) is 0 Å². The van der Waals surface area contributed by atoms with Crippen molar-refractivity contribution in [2.45, 2.75) is 20.3 Å². The largest absolute Gasteiger partial charge is 0.463 e. The molecule has 0 N–H and O–H groups in total. The zero-order valence-corrected chi connectivity index (χ0v) is 9.45. The summed E-state index contributed by atoms with van der Waals surface area (Å²) in [5.41, 5.74) is 2.40. The van der Waals surface area contributed by atoms with Crippen LogP contribution in [0.2, 0.25) is 0 Å². The summed E-state index contributed by atoms with van der Waals surface area (Å²) in [6.07, 6.45) is 2.36. The van der Waals surface area contributed by atoms with Gasteiger partial charge in [-0.2, -0.15) is 0 Å². The molecule has 0 spiro atoms. The van der Waals surface area contributed by atoms with Crippen molar-refractivity contribution in [3.63, 3.8) is 0 Å². The number of aryl methyl sites for hydroxylation is 1. The average molecular weight is 218 g/mol. The zero-order chi connectivity index (χ0) is 11.5. The first kappa shape index (κ1) is 10.7. The summed E-state index contributed by atoms with van der Waals surface area (Å²) < 4.78 is 10.4. The van der Waals surface area contributed by atoms with Gasteiger partial charge in [-0.1, -0.05) is 25.1 Å². The molecule has 1 aromatic carbocycles. The van der Waals surface area contributed by atoms with Crippen LogP contribution in [0, 0.1) is 0 Å². The van der Waals surface area contributed by atoms with Gasteiger partial charge >= 0.3 is 5.97 Å². The maximum Gasteiger partial charge on any atom is 0.342 e. The van der Waals surface area contributed by atoms with E-state index in [1.807, 2.05) is 18.2 Å². The van der Waals surface area contributed by atoms with Gasteiger partial charge in [0.1, 0.15) is 17.4 Å². The Labute approximate surface area is 94.0 Å². The molecule has 3 nitrogen and oxygen atoms in total. The van der Waals surface area contributed by atoms with E-state index in [4.69, 9.17) is 9.15 Å². The predicted molar refractivity (Wildman–Crippen MR) is 61.5 cm³/mol. The molecule has 0 saturated heterocycles. The van der Waals surface area contributed by atoms with E-state index in [0.717, 1.165) is 23.0 Å². The van der Waals surface area contributed by atoms with Crippen LogP contribution in [-0.4, -0.2) is 12.6 Å². The first-order valence-corrected chi connectivity index (χ1v) is 5.44. The highest BCUT2D eigenvalue weighted by Gasteiger charge is 2.15. The van der Waals surface area contributed by atoms with Crippen molar-refractivity contribution in [1.29, 1.82) is 0 Å². The molecular formula is C13H14O3. The molecule has 0 unspecified atom stereocenters. The van der Waals surface area contributed by atoms with E-state index in [1.54, 1.807) is 6.92 Å². The fraction of sp³-hybridized carbons (Fsp3) is 0.308. The SMILES string of the molecule is CCOC(=O)c1coc2c(CC)cccc12. The number of rotatable bonds is 3. The highest BCUT2D eigenvalue weighted by molar-refractivity contribution is 6.03. The predicted octanol–water partition coefficient (Wildman–Crippen LogP) is 3.17. The number of furan rings is 1. The van der Waals surface area contributed by atoms with Gasteiger partial charge in [0.15, 0.2) is 0 Å². The number of ether oxygens (including phenoxy) is 1. The highest BCUT2D eigenvalue weighted by atomic mass is 16.5. The molecule has 84 valence electrons. The lowest BCUT2D eigenvalue weighted by Crippen LogP contribution is -2.03. The van der Waals surface area contributed by atoms with Crippen LogP contribution in [0.3, 0.4) is 0 Å². The lowest BCUT2D eigenvalue weighted by Gasteiger charge is -1.99.